The maximum Gasteiger partial charge on any atom is 0.264 e. The van der Waals surface area contributed by atoms with E-state index in [0.29, 0.717) is 17.1 Å². The van der Waals surface area contributed by atoms with Gasteiger partial charge in [0.25, 0.3) is 10.0 Å². The van der Waals surface area contributed by atoms with Crippen LogP contribution < -0.4 is 9.62 Å². The van der Waals surface area contributed by atoms with Crippen LogP contribution in [0.15, 0.2) is 83.8 Å². The molecule has 190 valence electrons. The Morgan fingerprint density at radius 1 is 0.972 bits per heavy atom. The van der Waals surface area contributed by atoms with E-state index >= 15 is 0 Å². The molecule has 3 rings (SSSR count). The van der Waals surface area contributed by atoms with Gasteiger partial charge in [-0.3, -0.25) is 13.9 Å². The van der Waals surface area contributed by atoms with Gasteiger partial charge in [-0.2, -0.15) is 0 Å². The lowest BCUT2D eigenvalue weighted by Crippen LogP contribution is -2.51. The number of amides is 2. The van der Waals surface area contributed by atoms with Crippen LogP contribution in [0.25, 0.3) is 0 Å². The Kier molecular flexibility index (Phi) is 9.06. The number of likely N-dealkylation sites (N-methyl/N-ethyl adjacent to an activating group) is 1. The summed E-state index contributed by atoms with van der Waals surface area (Å²) in [4.78, 5) is 27.5. The molecular formula is C26H27ClFN3O4S. The summed E-state index contributed by atoms with van der Waals surface area (Å²) >= 11 is 6.30. The lowest BCUT2D eigenvalue weighted by Gasteiger charge is -2.32. The van der Waals surface area contributed by atoms with E-state index in [0.717, 1.165) is 10.4 Å². The summed E-state index contributed by atoms with van der Waals surface area (Å²) in [5, 5.41) is 3.06. The normalized spacial score (nSPS) is 12.0. The average molecular weight is 532 g/mol. The van der Waals surface area contributed by atoms with Crippen LogP contribution in [0.2, 0.25) is 5.02 Å². The van der Waals surface area contributed by atoms with Gasteiger partial charge in [-0.15, -0.1) is 0 Å². The van der Waals surface area contributed by atoms with Crippen LogP contribution in [0.1, 0.15) is 19.4 Å². The van der Waals surface area contributed by atoms with Gasteiger partial charge in [-0.05, 0) is 49.7 Å². The van der Waals surface area contributed by atoms with E-state index in [4.69, 9.17) is 11.6 Å². The second kappa shape index (κ2) is 12.0. The fourth-order valence-corrected chi connectivity index (χ4v) is 5.24. The number of hydrogen-bond acceptors (Lipinski definition) is 4. The summed E-state index contributed by atoms with van der Waals surface area (Å²) in [7, 11) is -4.32. The molecule has 10 heteroatoms. The van der Waals surface area contributed by atoms with Gasteiger partial charge in [0.05, 0.1) is 10.6 Å². The molecule has 0 fully saturated rings. The third-order valence-corrected chi connectivity index (χ3v) is 7.69. The van der Waals surface area contributed by atoms with Crippen LogP contribution in [0.5, 0.6) is 0 Å². The number of anilines is 1. The molecule has 3 aromatic rings. The highest BCUT2D eigenvalue weighted by molar-refractivity contribution is 7.92. The van der Waals surface area contributed by atoms with Crippen molar-refractivity contribution in [1.29, 1.82) is 0 Å². The van der Waals surface area contributed by atoms with Gasteiger partial charge in [0.1, 0.15) is 18.4 Å². The Morgan fingerprint density at radius 2 is 1.58 bits per heavy atom. The zero-order chi connectivity index (χ0) is 26.3. The predicted octanol–water partition coefficient (Wildman–Crippen LogP) is 4.23. The number of halogens is 2. The maximum absolute atomic E-state index is 14.8. The van der Waals surface area contributed by atoms with Crippen LogP contribution in [0.3, 0.4) is 0 Å². The number of carbonyl (C=O) groups is 2. The van der Waals surface area contributed by atoms with E-state index in [1.165, 1.54) is 47.4 Å². The molecule has 0 spiro atoms. The molecule has 0 aliphatic rings. The molecule has 1 atom stereocenters. The number of rotatable bonds is 10. The molecule has 3 aromatic carbocycles. The Hall–Kier alpha value is -3.43. The first-order valence-electron chi connectivity index (χ1n) is 11.3. The van der Waals surface area contributed by atoms with Gasteiger partial charge in [-0.25, -0.2) is 12.8 Å². The number of para-hydroxylation sites is 1. The van der Waals surface area contributed by atoms with Gasteiger partial charge < -0.3 is 10.2 Å². The molecule has 0 saturated heterocycles. The van der Waals surface area contributed by atoms with Crippen molar-refractivity contribution < 1.29 is 22.4 Å². The summed E-state index contributed by atoms with van der Waals surface area (Å²) in [5.74, 6) is -1.92. The van der Waals surface area contributed by atoms with Crippen LogP contribution in [0.4, 0.5) is 10.1 Å². The van der Waals surface area contributed by atoms with Crippen molar-refractivity contribution in [1.82, 2.24) is 10.2 Å². The first kappa shape index (κ1) is 27.2. The minimum absolute atomic E-state index is 0.0483. The topological polar surface area (TPSA) is 86.8 Å². The standard InChI is InChI=1S/C26H27ClFN3O4S/c1-3-29-26(33)19(2)30(17-20-11-7-8-14-22(20)27)25(32)18-31(24-16-10-9-15-23(24)28)36(34,35)21-12-5-4-6-13-21/h4-16,19H,3,17-18H2,1-2H3,(H,29,33)/t19-/m0/s1. The van der Waals surface area contributed by atoms with Crippen LogP contribution in [-0.4, -0.2) is 44.3 Å². The molecule has 0 aliphatic carbocycles. The first-order chi connectivity index (χ1) is 17.2. The van der Waals surface area contributed by atoms with E-state index < -0.39 is 40.2 Å². The van der Waals surface area contributed by atoms with Gasteiger partial charge in [-0.1, -0.05) is 60.1 Å². The molecule has 0 aromatic heterocycles. The zero-order valence-corrected chi connectivity index (χ0v) is 21.5. The molecule has 2 amide bonds. The summed E-state index contributed by atoms with van der Waals surface area (Å²) in [6.45, 7) is 2.86. The van der Waals surface area contributed by atoms with Gasteiger partial charge in [0.2, 0.25) is 11.8 Å². The van der Waals surface area contributed by atoms with Gasteiger partial charge >= 0.3 is 0 Å². The SMILES string of the molecule is CCNC(=O)[C@H](C)N(Cc1ccccc1Cl)C(=O)CN(c1ccccc1F)S(=O)(=O)c1ccccc1. The van der Waals surface area contributed by atoms with Crippen LogP contribution in [0, 0.1) is 5.82 Å². The largest absolute Gasteiger partial charge is 0.355 e. The fraction of sp³-hybridized carbons (Fsp3) is 0.231. The fourth-order valence-electron chi connectivity index (χ4n) is 3.60. The molecule has 0 bridgehead atoms. The van der Waals surface area contributed by atoms with Crippen LogP contribution >= 0.6 is 11.6 Å². The number of carbonyl (C=O) groups excluding carboxylic acids is 2. The minimum Gasteiger partial charge on any atom is -0.355 e. The van der Waals surface area contributed by atoms with Crippen molar-refractivity contribution in [2.24, 2.45) is 0 Å². The highest BCUT2D eigenvalue weighted by Gasteiger charge is 2.33. The lowest BCUT2D eigenvalue weighted by atomic mass is 10.1. The van der Waals surface area contributed by atoms with Crippen LogP contribution in [-0.2, 0) is 26.2 Å². The molecule has 0 unspecified atom stereocenters. The molecule has 36 heavy (non-hydrogen) atoms. The second-order valence-corrected chi connectivity index (χ2v) is 10.2. The molecule has 0 aliphatic heterocycles. The van der Waals surface area contributed by atoms with Crippen molar-refractivity contribution in [3.63, 3.8) is 0 Å². The van der Waals surface area contributed by atoms with E-state index in [-0.39, 0.29) is 17.1 Å². The Bertz CT molecular complexity index is 1320. The van der Waals surface area contributed by atoms with E-state index in [1.807, 2.05) is 0 Å². The van der Waals surface area contributed by atoms with Crippen molar-refractivity contribution in [2.45, 2.75) is 31.3 Å². The molecule has 0 radical (unpaired) electrons. The average Bonchev–Trinajstić information content (AvgIpc) is 2.87. The molecule has 1 N–H and O–H groups in total. The Labute approximate surface area is 215 Å². The third-order valence-electron chi connectivity index (χ3n) is 5.55. The lowest BCUT2D eigenvalue weighted by molar-refractivity contribution is -0.139. The summed E-state index contributed by atoms with van der Waals surface area (Å²) in [6.07, 6.45) is 0. The van der Waals surface area contributed by atoms with Gasteiger partial charge in [0.15, 0.2) is 0 Å². The number of nitrogens with zero attached hydrogens (tertiary/aromatic N) is 2. The third kappa shape index (κ3) is 6.22. The van der Waals surface area contributed by atoms with Crippen molar-refractivity contribution in [3.05, 3.63) is 95.3 Å². The monoisotopic (exact) mass is 531 g/mol. The maximum atomic E-state index is 14.8. The predicted molar refractivity (Wildman–Crippen MR) is 138 cm³/mol. The summed E-state index contributed by atoms with van der Waals surface area (Å²) < 4.78 is 42.6. The molecule has 7 nitrogen and oxygen atoms in total. The molecular weight excluding hydrogens is 505 g/mol. The Balaban J connectivity index is 2.04. The van der Waals surface area contributed by atoms with Crippen molar-refractivity contribution in [3.8, 4) is 0 Å². The number of benzene rings is 3. The molecule has 0 heterocycles. The molecule has 0 saturated carbocycles. The van der Waals surface area contributed by atoms with Crippen molar-refractivity contribution >= 4 is 39.1 Å². The Morgan fingerprint density at radius 3 is 2.22 bits per heavy atom. The highest BCUT2D eigenvalue weighted by Crippen LogP contribution is 2.27. The van der Waals surface area contributed by atoms with E-state index in [1.54, 1.807) is 44.2 Å². The minimum atomic E-state index is -4.32. The number of nitrogens with one attached hydrogen (secondary N) is 1. The highest BCUT2D eigenvalue weighted by atomic mass is 35.5. The number of sulfonamides is 1. The van der Waals surface area contributed by atoms with Crippen molar-refractivity contribution in [2.75, 3.05) is 17.4 Å². The summed E-state index contributed by atoms with van der Waals surface area (Å²) in [6, 6.07) is 18.7. The number of hydrogen-bond donors (Lipinski definition) is 1. The van der Waals surface area contributed by atoms with Gasteiger partial charge in [0, 0.05) is 18.1 Å². The quantitative estimate of drug-likeness (QED) is 0.424. The summed E-state index contributed by atoms with van der Waals surface area (Å²) in [5.41, 5.74) is 0.296. The second-order valence-electron chi connectivity index (χ2n) is 7.96. The zero-order valence-electron chi connectivity index (χ0n) is 19.9. The smallest absolute Gasteiger partial charge is 0.264 e. The first-order valence-corrected chi connectivity index (χ1v) is 13.1. The van der Waals surface area contributed by atoms with E-state index in [2.05, 4.69) is 5.32 Å². The van der Waals surface area contributed by atoms with E-state index in [9.17, 15) is 22.4 Å².